The number of carbonyl (C=O) groups is 1. The molecule has 0 N–H and O–H groups in total. The maximum Gasteiger partial charge on any atom is 0.223 e. The molecular weight excluding hydrogens is 284 g/mol. The molecule has 0 saturated carbocycles. The molecule has 2 aromatic rings. The van der Waals surface area contributed by atoms with E-state index in [1.165, 1.54) is 41.4 Å². The summed E-state index contributed by atoms with van der Waals surface area (Å²) >= 11 is 0. The van der Waals surface area contributed by atoms with Crippen LogP contribution in [0.2, 0.25) is 0 Å². The fourth-order valence-corrected chi connectivity index (χ4v) is 5.64. The number of nitrogens with zero attached hydrogens (tertiary/aromatic N) is 2. The summed E-state index contributed by atoms with van der Waals surface area (Å²) < 4.78 is 2.55. The molecule has 23 heavy (non-hydrogen) atoms. The van der Waals surface area contributed by atoms with E-state index in [0.717, 1.165) is 32.4 Å². The molecule has 5 rings (SSSR count). The molecule has 120 valence electrons. The van der Waals surface area contributed by atoms with Crippen LogP contribution in [0.4, 0.5) is 0 Å². The second-order valence-electron chi connectivity index (χ2n) is 7.59. The van der Waals surface area contributed by atoms with Crippen molar-refractivity contribution in [1.82, 2.24) is 9.47 Å². The summed E-state index contributed by atoms with van der Waals surface area (Å²) in [5, 5.41) is 1.42. The van der Waals surface area contributed by atoms with E-state index in [4.69, 9.17) is 0 Å². The van der Waals surface area contributed by atoms with E-state index in [9.17, 15) is 4.79 Å². The van der Waals surface area contributed by atoms with E-state index in [0.29, 0.717) is 17.4 Å². The summed E-state index contributed by atoms with van der Waals surface area (Å²) in [5.41, 5.74) is 4.68. The van der Waals surface area contributed by atoms with Crippen molar-refractivity contribution >= 4 is 16.8 Å². The van der Waals surface area contributed by atoms with E-state index in [1.54, 1.807) is 0 Å². The van der Waals surface area contributed by atoms with Crippen molar-refractivity contribution in [2.24, 2.45) is 5.41 Å². The van der Waals surface area contributed by atoms with Gasteiger partial charge in [0.1, 0.15) is 0 Å². The lowest BCUT2D eigenvalue weighted by molar-refractivity contribution is -0.145. The van der Waals surface area contributed by atoms with Crippen LogP contribution >= 0.6 is 0 Å². The molecule has 0 unspecified atom stereocenters. The Hall–Kier alpha value is -1.77. The third kappa shape index (κ3) is 1.63. The highest BCUT2D eigenvalue weighted by atomic mass is 16.2. The van der Waals surface area contributed by atoms with Crippen molar-refractivity contribution in [2.75, 3.05) is 6.54 Å². The summed E-state index contributed by atoms with van der Waals surface area (Å²) in [6, 6.07) is 9.16. The predicted octanol–water partition coefficient (Wildman–Crippen LogP) is 4.05. The molecule has 4 heterocycles. The van der Waals surface area contributed by atoms with Gasteiger partial charge in [-0.1, -0.05) is 25.1 Å². The highest BCUT2D eigenvalue weighted by Gasteiger charge is 2.51. The van der Waals surface area contributed by atoms with Gasteiger partial charge in [-0.3, -0.25) is 4.79 Å². The summed E-state index contributed by atoms with van der Waals surface area (Å²) in [5.74, 6) is 0.378. The number of hydrogen-bond acceptors (Lipinski definition) is 1. The molecule has 3 nitrogen and oxygen atoms in total. The van der Waals surface area contributed by atoms with Gasteiger partial charge in [0.25, 0.3) is 0 Å². The van der Waals surface area contributed by atoms with Crippen molar-refractivity contribution in [3.8, 4) is 0 Å². The quantitative estimate of drug-likeness (QED) is 0.780. The van der Waals surface area contributed by atoms with E-state index in [1.807, 2.05) is 0 Å². The Kier molecular flexibility index (Phi) is 2.74. The molecule has 1 amide bonds. The normalized spacial score (nSPS) is 29.5. The van der Waals surface area contributed by atoms with Gasteiger partial charge in [0.05, 0.1) is 6.04 Å². The Morgan fingerprint density at radius 2 is 2.04 bits per heavy atom. The molecule has 1 fully saturated rings. The number of piperidine rings is 1. The zero-order valence-corrected chi connectivity index (χ0v) is 13.8. The summed E-state index contributed by atoms with van der Waals surface area (Å²) in [6.45, 7) is 4.35. The smallest absolute Gasteiger partial charge is 0.223 e. The van der Waals surface area contributed by atoms with Gasteiger partial charge in [-0.25, -0.2) is 0 Å². The van der Waals surface area contributed by atoms with Gasteiger partial charge in [-0.15, -0.1) is 0 Å². The van der Waals surface area contributed by atoms with Crippen LogP contribution in [-0.4, -0.2) is 21.9 Å². The Labute approximate surface area is 137 Å². The van der Waals surface area contributed by atoms with Gasteiger partial charge >= 0.3 is 0 Å². The largest absolute Gasteiger partial charge is 0.342 e. The first kappa shape index (κ1) is 13.6. The fraction of sp³-hybridized carbons (Fsp3) is 0.550. The number of rotatable bonds is 1. The molecule has 3 aliphatic rings. The maximum absolute atomic E-state index is 12.6. The molecular formula is C20H24N2O. The molecule has 1 aromatic heterocycles. The number of carbonyl (C=O) groups excluding carboxylic acids is 1. The fourth-order valence-electron chi connectivity index (χ4n) is 5.64. The molecule has 0 radical (unpaired) electrons. The Morgan fingerprint density at radius 3 is 2.91 bits per heavy atom. The molecule has 3 heteroatoms. The van der Waals surface area contributed by atoms with Gasteiger partial charge in [0, 0.05) is 36.1 Å². The second kappa shape index (κ2) is 4.62. The van der Waals surface area contributed by atoms with E-state index in [-0.39, 0.29) is 0 Å². The molecule has 3 aliphatic heterocycles. The van der Waals surface area contributed by atoms with Crippen molar-refractivity contribution in [3.05, 3.63) is 35.5 Å². The first-order valence-electron chi connectivity index (χ1n) is 9.15. The van der Waals surface area contributed by atoms with Crippen molar-refractivity contribution in [3.63, 3.8) is 0 Å². The number of benzene rings is 1. The summed E-state index contributed by atoms with van der Waals surface area (Å²) in [6.07, 6.45) is 6.52. The third-order valence-electron chi connectivity index (χ3n) is 6.79. The topological polar surface area (TPSA) is 25.2 Å². The minimum Gasteiger partial charge on any atom is -0.342 e. The molecule has 0 spiro atoms. The molecule has 2 atom stereocenters. The van der Waals surface area contributed by atoms with Crippen LogP contribution in [0.15, 0.2) is 24.3 Å². The number of hydrogen-bond donors (Lipinski definition) is 0. The number of para-hydroxylation sites is 1. The SMILES string of the molecule is CC[C@]12CCCn3c4c(c5ccccc53)CCN(C(=O)CC1)[C@H]42. The molecule has 0 bridgehead atoms. The van der Waals surface area contributed by atoms with Crippen LogP contribution in [0.1, 0.15) is 56.3 Å². The van der Waals surface area contributed by atoms with Crippen LogP contribution in [-0.2, 0) is 17.8 Å². The Balaban J connectivity index is 1.84. The maximum atomic E-state index is 12.6. The second-order valence-corrected chi connectivity index (χ2v) is 7.59. The van der Waals surface area contributed by atoms with Gasteiger partial charge in [0.15, 0.2) is 0 Å². The number of aromatic nitrogens is 1. The zero-order chi connectivity index (χ0) is 15.6. The van der Waals surface area contributed by atoms with Gasteiger partial charge in [-0.05, 0) is 49.1 Å². The number of fused-ring (bicyclic) bond motifs is 3. The first-order chi connectivity index (χ1) is 11.2. The summed E-state index contributed by atoms with van der Waals surface area (Å²) in [7, 11) is 0. The highest BCUT2D eigenvalue weighted by Crippen LogP contribution is 2.56. The zero-order valence-electron chi connectivity index (χ0n) is 13.8. The van der Waals surface area contributed by atoms with Gasteiger partial charge < -0.3 is 9.47 Å². The monoisotopic (exact) mass is 308 g/mol. The van der Waals surface area contributed by atoms with Crippen LogP contribution in [0.5, 0.6) is 0 Å². The van der Waals surface area contributed by atoms with Crippen molar-refractivity contribution in [2.45, 2.75) is 58.0 Å². The molecule has 0 aliphatic carbocycles. The van der Waals surface area contributed by atoms with Crippen LogP contribution in [0.3, 0.4) is 0 Å². The lowest BCUT2D eigenvalue weighted by atomic mass is 9.66. The van der Waals surface area contributed by atoms with Crippen LogP contribution in [0.25, 0.3) is 10.9 Å². The number of aryl methyl sites for hydroxylation is 1. The van der Waals surface area contributed by atoms with E-state index in [2.05, 4.69) is 40.7 Å². The third-order valence-corrected chi connectivity index (χ3v) is 6.79. The Morgan fingerprint density at radius 1 is 1.17 bits per heavy atom. The first-order valence-corrected chi connectivity index (χ1v) is 9.15. The lowest BCUT2D eigenvalue weighted by Crippen LogP contribution is -2.51. The van der Waals surface area contributed by atoms with Gasteiger partial charge in [-0.2, -0.15) is 0 Å². The summed E-state index contributed by atoms with van der Waals surface area (Å²) in [4.78, 5) is 14.9. The average molecular weight is 308 g/mol. The van der Waals surface area contributed by atoms with Gasteiger partial charge in [0.2, 0.25) is 5.91 Å². The Bertz CT molecular complexity index is 805. The molecule has 1 saturated heterocycles. The minimum atomic E-state index is 0.297. The van der Waals surface area contributed by atoms with Crippen LogP contribution in [0, 0.1) is 5.41 Å². The lowest BCUT2D eigenvalue weighted by Gasteiger charge is -2.51. The van der Waals surface area contributed by atoms with Crippen LogP contribution < -0.4 is 0 Å². The number of amides is 1. The molecule has 1 aromatic carbocycles. The standard InChI is InChI=1S/C20H24N2O/c1-2-20-10-5-12-21-16-7-4-3-6-14(16)15-9-13-22(17(23)8-11-20)19(20)18(15)21/h3-4,6-7,19H,2,5,8-13H2,1H3/t19-,20+/m1/s1. The van der Waals surface area contributed by atoms with Crippen molar-refractivity contribution in [1.29, 1.82) is 0 Å². The van der Waals surface area contributed by atoms with Crippen molar-refractivity contribution < 1.29 is 4.79 Å². The van der Waals surface area contributed by atoms with E-state index < -0.39 is 0 Å². The highest BCUT2D eigenvalue weighted by molar-refractivity contribution is 5.87. The van der Waals surface area contributed by atoms with E-state index >= 15 is 0 Å². The average Bonchev–Trinajstić information content (AvgIpc) is 2.80. The minimum absolute atomic E-state index is 0.297. The predicted molar refractivity (Wildman–Crippen MR) is 91.3 cm³/mol.